The van der Waals surface area contributed by atoms with Crippen molar-refractivity contribution < 1.29 is 4.74 Å². The van der Waals surface area contributed by atoms with Gasteiger partial charge >= 0.3 is 0 Å². The summed E-state index contributed by atoms with van der Waals surface area (Å²) in [6.07, 6.45) is 1.53. The Hall–Kier alpha value is -1.00. The van der Waals surface area contributed by atoms with Gasteiger partial charge in [0.15, 0.2) is 0 Å². The van der Waals surface area contributed by atoms with Crippen LogP contribution in [0.15, 0.2) is 24.3 Å². The predicted octanol–water partition coefficient (Wildman–Crippen LogP) is 3.20. The molecule has 1 aromatic carbocycles. The van der Waals surface area contributed by atoms with E-state index in [9.17, 15) is 0 Å². The van der Waals surface area contributed by atoms with Crippen LogP contribution in [0.2, 0.25) is 25.7 Å². The van der Waals surface area contributed by atoms with Crippen molar-refractivity contribution in [2.24, 2.45) is 0 Å². The molecule has 0 bridgehead atoms. The topological polar surface area (TPSA) is 38.5 Å². The Kier molecular flexibility index (Phi) is 4.53. The molecule has 2 N–H and O–H groups in total. The zero-order chi connectivity index (χ0) is 13.9. The highest BCUT2D eigenvalue weighted by Gasteiger charge is 2.24. The Morgan fingerprint density at radius 1 is 1.26 bits per heavy atom. The van der Waals surface area contributed by atoms with Crippen LogP contribution in [0.5, 0.6) is 0 Å². The van der Waals surface area contributed by atoms with Crippen LogP contribution in [0.1, 0.15) is 6.42 Å². The summed E-state index contributed by atoms with van der Waals surface area (Å²) in [6.45, 7) is 10.2. The van der Waals surface area contributed by atoms with Crippen LogP contribution in [0.3, 0.4) is 0 Å². The first-order valence-electron chi connectivity index (χ1n) is 7.16. The molecule has 4 heteroatoms. The van der Waals surface area contributed by atoms with E-state index < -0.39 is 8.07 Å². The Labute approximate surface area is 117 Å². The summed E-state index contributed by atoms with van der Waals surface area (Å²) in [5.41, 5.74) is 7.80. The first-order valence-corrected chi connectivity index (χ1v) is 10.9. The zero-order valence-corrected chi connectivity index (χ0v) is 13.4. The van der Waals surface area contributed by atoms with E-state index in [2.05, 4.69) is 36.7 Å². The Morgan fingerprint density at radius 3 is 2.58 bits per heavy atom. The number of ether oxygens (including phenoxy) is 1. The van der Waals surface area contributed by atoms with Gasteiger partial charge in [-0.3, -0.25) is 0 Å². The number of hydrogen-bond acceptors (Lipinski definition) is 3. The summed E-state index contributed by atoms with van der Waals surface area (Å²) in [6, 6.07) is 9.38. The molecule has 1 saturated heterocycles. The molecular weight excluding hydrogens is 252 g/mol. The normalized spacial score (nSPS) is 19.9. The van der Waals surface area contributed by atoms with Gasteiger partial charge in [-0.15, -0.1) is 0 Å². The lowest BCUT2D eigenvalue weighted by Crippen LogP contribution is -2.26. The molecule has 1 aromatic rings. The van der Waals surface area contributed by atoms with Gasteiger partial charge in [0.05, 0.1) is 6.10 Å². The maximum absolute atomic E-state index is 6.02. The first kappa shape index (κ1) is 14.4. The smallest absolute Gasteiger partial charge is 0.0766 e. The fourth-order valence-corrected chi connectivity index (χ4v) is 3.05. The van der Waals surface area contributed by atoms with Crippen molar-refractivity contribution in [1.29, 1.82) is 0 Å². The molecule has 0 saturated carbocycles. The van der Waals surface area contributed by atoms with Crippen LogP contribution < -0.4 is 10.6 Å². The second kappa shape index (κ2) is 5.97. The largest absolute Gasteiger partial charge is 0.399 e. The highest BCUT2D eigenvalue weighted by Crippen LogP contribution is 2.23. The second-order valence-electron chi connectivity index (χ2n) is 6.63. The van der Waals surface area contributed by atoms with Gasteiger partial charge < -0.3 is 15.4 Å². The van der Waals surface area contributed by atoms with Gasteiger partial charge in [0.2, 0.25) is 0 Å². The van der Waals surface area contributed by atoms with Crippen LogP contribution in [-0.4, -0.2) is 33.9 Å². The SMILES string of the molecule is C[Si](C)(C)CCOC1CCN(c2ccc(N)cc2)C1. The molecule has 0 radical (unpaired) electrons. The number of nitrogens with two attached hydrogens (primary N) is 1. The number of rotatable bonds is 5. The van der Waals surface area contributed by atoms with Crippen LogP contribution in [-0.2, 0) is 4.74 Å². The van der Waals surface area contributed by atoms with E-state index in [1.165, 1.54) is 11.7 Å². The molecule has 106 valence electrons. The molecule has 1 aliphatic heterocycles. The summed E-state index contributed by atoms with van der Waals surface area (Å²) in [7, 11) is -0.969. The van der Waals surface area contributed by atoms with Crippen LogP contribution in [0, 0.1) is 0 Å². The van der Waals surface area contributed by atoms with Crippen molar-refractivity contribution in [2.45, 2.75) is 38.2 Å². The molecule has 1 heterocycles. The zero-order valence-electron chi connectivity index (χ0n) is 12.4. The molecule has 1 aliphatic rings. The van der Waals surface area contributed by atoms with E-state index in [1.807, 2.05) is 12.1 Å². The molecule has 0 aliphatic carbocycles. The summed E-state index contributed by atoms with van der Waals surface area (Å²) in [4.78, 5) is 2.39. The number of nitrogen functional groups attached to an aromatic ring is 1. The van der Waals surface area contributed by atoms with Crippen LogP contribution in [0.25, 0.3) is 0 Å². The molecule has 0 spiro atoms. The average Bonchev–Trinajstić information content (AvgIpc) is 2.77. The maximum atomic E-state index is 6.02. The summed E-state index contributed by atoms with van der Waals surface area (Å²) >= 11 is 0. The van der Waals surface area contributed by atoms with Gasteiger partial charge in [-0.1, -0.05) is 19.6 Å². The standard InChI is InChI=1S/C15H26N2OSi/c1-19(2,3)11-10-18-15-8-9-17(12-15)14-6-4-13(16)5-7-14/h4-7,15H,8-12,16H2,1-3H3. The maximum Gasteiger partial charge on any atom is 0.0766 e. The van der Waals surface area contributed by atoms with E-state index in [-0.39, 0.29) is 0 Å². The van der Waals surface area contributed by atoms with Crippen molar-refractivity contribution in [3.8, 4) is 0 Å². The van der Waals surface area contributed by atoms with Crippen LogP contribution in [0.4, 0.5) is 11.4 Å². The van der Waals surface area contributed by atoms with Crippen molar-refractivity contribution in [3.63, 3.8) is 0 Å². The van der Waals surface area contributed by atoms with Crippen LogP contribution >= 0.6 is 0 Å². The lowest BCUT2D eigenvalue weighted by Gasteiger charge is -2.20. The molecule has 1 atom stereocenters. The lowest BCUT2D eigenvalue weighted by atomic mass is 10.2. The number of benzene rings is 1. The summed E-state index contributed by atoms with van der Waals surface area (Å²) in [5, 5.41) is 0. The lowest BCUT2D eigenvalue weighted by molar-refractivity contribution is 0.0781. The minimum Gasteiger partial charge on any atom is -0.399 e. The number of anilines is 2. The third-order valence-electron chi connectivity index (χ3n) is 3.61. The molecule has 1 fully saturated rings. The molecule has 19 heavy (non-hydrogen) atoms. The van der Waals surface area contributed by atoms with E-state index in [0.29, 0.717) is 6.10 Å². The van der Waals surface area contributed by atoms with Crippen molar-refractivity contribution in [1.82, 2.24) is 0 Å². The minimum atomic E-state index is -0.969. The molecule has 1 unspecified atom stereocenters. The van der Waals surface area contributed by atoms with Gasteiger partial charge in [0.25, 0.3) is 0 Å². The molecule has 0 amide bonds. The van der Waals surface area contributed by atoms with Gasteiger partial charge in [-0.25, -0.2) is 0 Å². The van der Waals surface area contributed by atoms with Gasteiger partial charge in [-0.2, -0.15) is 0 Å². The quantitative estimate of drug-likeness (QED) is 0.664. The molecule has 3 nitrogen and oxygen atoms in total. The van der Waals surface area contributed by atoms with E-state index in [0.717, 1.165) is 31.8 Å². The van der Waals surface area contributed by atoms with E-state index in [1.54, 1.807) is 0 Å². The number of hydrogen-bond donors (Lipinski definition) is 1. The predicted molar refractivity (Wildman–Crippen MR) is 85.6 cm³/mol. The Morgan fingerprint density at radius 2 is 1.95 bits per heavy atom. The number of nitrogens with zero attached hydrogens (tertiary/aromatic N) is 1. The minimum absolute atomic E-state index is 0.397. The highest BCUT2D eigenvalue weighted by molar-refractivity contribution is 6.76. The molecular formula is C15H26N2OSi. The molecule has 2 rings (SSSR count). The Balaban J connectivity index is 1.78. The fourth-order valence-electron chi connectivity index (χ4n) is 2.32. The van der Waals surface area contributed by atoms with Crippen molar-refractivity contribution >= 4 is 19.4 Å². The third-order valence-corrected chi connectivity index (χ3v) is 5.31. The highest BCUT2D eigenvalue weighted by atomic mass is 28.3. The van der Waals surface area contributed by atoms with Crippen molar-refractivity contribution in [2.75, 3.05) is 30.3 Å². The van der Waals surface area contributed by atoms with E-state index >= 15 is 0 Å². The monoisotopic (exact) mass is 278 g/mol. The van der Waals surface area contributed by atoms with E-state index in [4.69, 9.17) is 10.5 Å². The average molecular weight is 278 g/mol. The Bertz CT molecular complexity index is 400. The summed E-state index contributed by atoms with van der Waals surface area (Å²) < 4.78 is 6.02. The first-order chi connectivity index (χ1) is 8.94. The second-order valence-corrected chi connectivity index (χ2v) is 12.3. The molecule has 0 aromatic heterocycles. The van der Waals surface area contributed by atoms with Gasteiger partial charge in [0, 0.05) is 39.1 Å². The fraction of sp³-hybridized carbons (Fsp3) is 0.600. The van der Waals surface area contributed by atoms with Gasteiger partial charge in [-0.05, 0) is 36.7 Å². The summed E-state index contributed by atoms with van der Waals surface area (Å²) in [5.74, 6) is 0. The van der Waals surface area contributed by atoms with Crippen molar-refractivity contribution in [3.05, 3.63) is 24.3 Å². The van der Waals surface area contributed by atoms with Gasteiger partial charge in [0.1, 0.15) is 0 Å². The third kappa shape index (κ3) is 4.55.